The average Bonchev–Trinajstić information content (AvgIpc) is 3.13. The Balaban J connectivity index is 1.80. The molecule has 20 heavy (non-hydrogen) atoms. The van der Waals surface area contributed by atoms with Gasteiger partial charge in [-0.25, -0.2) is 0 Å². The summed E-state index contributed by atoms with van der Waals surface area (Å²) in [7, 11) is 0. The van der Waals surface area contributed by atoms with Gasteiger partial charge in [-0.3, -0.25) is 14.9 Å². The Labute approximate surface area is 117 Å². The lowest BCUT2D eigenvalue weighted by molar-refractivity contribution is -0.384. The predicted octanol–water partition coefficient (Wildman–Crippen LogP) is 3.14. The van der Waals surface area contributed by atoms with Gasteiger partial charge in [0.1, 0.15) is 0 Å². The third kappa shape index (κ3) is 2.53. The normalized spacial score (nSPS) is 19.0. The molecule has 0 bridgehead atoms. The lowest BCUT2D eigenvalue weighted by Gasteiger charge is -2.29. The predicted molar refractivity (Wildman–Crippen MR) is 74.5 cm³/mol. The minimum absolute atomic E-state index is 0.0281. The third-order valence-electron chi connectivity index (χ3n) is 4.22. The molecule has 2 saturated carbocycles. The van der Waals surface area contributed by atoms with E-state index in [1.54, 1.807) is 12.1 Å². The van der Waals surface area contributed by atoms with E-state index >= 15 is 0 Å². The molecule has 5 heteroatoms. The number of carbonyl (C=O) groups excluding carboxylic acids is 1. The first-order valence-electron chi connectivity index (χ1n) is 7.24. The van der Waals surface area contributed by atoms with Crippen molar-refractivity contribution in [2.75, 3.05) is 0 Å². The number of non-ortho nitro benzene ring substituents is 1. The maximum absolute atomic E-state index is 12.7. The molecule has 2 aliphatic carbocycles. The van der Waals surface area contributed by atoms with Crippen LogP contribution < -0.4 is 0 Å². The topological polar surface area (TPSA) is 63.4 Å². The zero-order valence-electron chi connectivity index (χ0n) is 11.3. The van der Waals surface area contributed by atoms with Gasteiger partial charge in [0, 0.05) is 29.8 Å². The van der Waals surface area contributed by atoms with Crippen molar-refractivity contribution in [1.29, 1.82) is 0 Å². The standard InChI is InChI=1S/C15H18N2O3/c18-15(11-5-7-14(8-6-11)17(19)20)16(13-9-10-13)12-3-1-2-4-12/h5-8,12-13H,1-4,9-10H2. The molecule has 0 heterocycles. The smallest absolute Gasteiger partial charge is 0.269 e. The van der Waals surface area contributed by atoms with Crippen LogP contribution in [0.25, 0.3) is 0 Å². The first kappa shape index (κ1) is 13.1. The summed E-state index contributed by atoms with van der Waals surface area (Å²) < 4.78 is 0. The number of rotatable bonds is 4. The molecular weight excluding hydrogens is 256 g/mol. The van der Waals surface area contributed by atoms with E-state index in [4.69, 9.17) is 0 Å². The van der Waals surface area contributed by atoms with Gasteiger partial charge < -0.3 is 4.90 Å². The third-order valence-corrected chi connectivity index (χ3v) is 4.22. The van der Waals surface area contributed by atoms with Crippen molar-refractivity contribution < 1.29 is 9.72 Å². The number of nitro benzene ring substituents is 1. The Morgan fingerprint density at radius 1 is 1.05 bits per heavy atom. The summed E-state index contributed by atoms with van der Waals surface area (Å²) in [5, 5.41) is 10.7. The Morgan fingerprint density at radius 2 is 1.60 bits per heavy atom. The van der Waals surface area contributed by atoms with Gasteiger partial charge in [-0.15, -0.1) is 0 Å². The zero-order valence-corrected chi connectivity index (χ0v) is 11.3. The van der Waals surface area contributed by atoms with E-state index in [1.807, 2.05) is 4.90 Å². The molecule has 0 aliphatic heterocycles. The lowest BCUT2D eigenvalue weighted by atomic mass is 10.1. The largest absolute Gasteiger partial charge is 0.333 e. The molecule has 0 unspecified atom stereocenters. The highest BCUT2D eigenvalue weighted by atomic mass is 16.6. The fourth-order valence-corrected chi connectivity index (χ4v) is 3.04. The highest BCUT2D eigenvalue weighted by molar-refractivity contribution is 5.95. The molecule has 0 saturated heterocycles. The maximum atomic E-state index is 12.7. The number of nitrogens with zero attached hydrogens (tertiary/aromatic N) is 2. The Bertz CT molecular complexity index is 516. The molecule has 0 aromatic heterocycles. The maximum Gasteiger partial charge on any atom is 0.269 e. The Hall–Kier alpha value is -1.91. The van der Waals surface area contributed by atoms with Crippen LogP contribution in [0.15, 0.2) is 24.3 Å². The van der Waals surface area contributed by atoms with Crippen LogP contribution in [0.3, 0.4) is 0 Å². The van der Waals surface area contributed by atoms with Gasteiger partial charge in [-0.2, -0.15) is 0 Å². The van der Waals surface area contributed by atoms with Gasteiger partial charge >= 0.3 is 0 Å². The van der Waals surface area contributed by atoms with Crippen LogP contribution in [-0.4, -0.2) is 27.8 Å². The van der Waals surface area contributed by atoms with Gasteiger partial charge in [0.25, 0.3) is 11.6 Å². The van der Waals surface area contributed by atoms with Crippen molar-refractivity contribution in [3.05, 3.63) is 39.9 Å². The van der Waals surface area contributed by atoms with Crippen LogP contribution in [-0.2, 0) is 0 Å². The second-order valence-corrected chi connectivity index (χ2v) is 5.69. The summed E-state index contributed by atoms with van der Waals surface area (Å²) in [6.45, 7) is 0. The van der Waals surface area contributed by atoms with E-state index in [2.05, 4.69) is 0 Å². The monoisotopic (exact) mass is 274 g/mol. The van der Waals surface area contributed by atoms with Crippen LogP contribution in [0.5, 0.6) is 0 Å². The zero-order chi connectivity index (χ0) is 14.1. The van der Waals surface area contributed by atoms with Crippen LogP contribution in [0.4, 0.5) is 5.69 Å². The SMILES string of the molecule is O=C(c1ccc([N+](=O)[O-])cc1)N(C1CCCC1)C1CC1. The van der Waals surface area contributed by atoms with E-state index in [0.717, 1.165) is 25.7 Å². The number of nitro groups is 1. The Morgan fingerprint density at radius 3 is 2.10 bits per heavy atom. The first-order chi connectivity index (χ1) is 9.66. The summed E-state index contributed by atoms with van der Waals surface area (Å²) in [5.41, 5.74) is 0.592. The van der Waals surface area contributed by atoms with Crippen molar-refractivity contribution in [1.82, 2.24) is 4.90 Å². The summed E-state index contributed by atoms with van der Waals surface area (Å²) in [4.78, 5) is 24.9. The number of hydrogen-bond donors (Lipinski definition) is 0. The van der Waals surface area contributed by atoms with Crippen LogP contribution in [0, 0.1) is 10.1 Å². The molecule has 106 valence electrons. The molecule has 2 aliphatic rings. The molecule has 0 spiro atoms. The van der Waals surface area contributed by atoms with Crippen LogP contribution in [0.1, 0.15) is 48.9 Å². The molecule has 5 nitrogen and oxygen atoms in total. The Kier molecular flexibility index (Phi) is 3.42. The van der Waals surface area contributed by atoms with Crippen LogP contribution >= 0.6 is 0 Å². The molecular formula is C15H18N2O3. The molecule has 2 fully saturated rings. The highest BCUT2D eigenvalue weighted by Crippen LogP contribution is 2.35. The van der Waals surface area contributed by atoms with Gasteiger partial charge in [0.05, 0.1) is 4.92 Å². The summed E-state index contributed by atoms with van der Waals surface area (Å²) in [6.07, 6.45) is 6.76. The van der Waals surface area contributed by atoms with Crippen molar-refractivity contribution in [2.45, 2.75) is 50.6 Å². The van der Waals surface area contributed by atoms with Gasteiger partial charge in [-0.05, 0) is 37.8 Å². The van der Waals surface area contributed by atoms with E-state index in [-0.39, 0.29) is 11.6 Å². The number of benzene rings is 1. The van der Waals surface area contributed by atoms with Crippen LogP contribution in [0.2, 0.25) is 0 Å². The minimum atomic E-state index is -0.441. The van der Waals surface area contributed by atoms with Gasteiger partial charge in [-0.1, -0.05) is 12.8 Å². The quantitative estimate of drug-likeness (QED) is 0.626. The molecule has 0 N–H and O–H groups in total. The second kappa shape index (κ2) is 5.23. The van der Waals surface area contributed by atoms with Gasteiger partial charge in [0.2, 0.25) is 0 Å². The van der Waals surface area contributed by atoms with E-state index in [9.17, 15) is 14.9 Å². The molecule has 0 atom stereocenters. The van der Waals surface area contributed by atoms with E-state index in [1.165, 1.54) is 25.0 Å². The summed E-state index contributed by atoms with van der Waals surface area (Å²) >= 11 is 0. The molecule has 3 rings (SSSR count). The lowest BCUT2D eigenvalue weighted by Crippen LogP contribution is -2.40. The van der Waals surface area contributed by atoms with E-state index in [0.29, 0.717) is 17.6 Å². The van der Waals surface area contributed by atoms with Crippen molar-refractivity contribution >= 4 is 11.6 Å². The fraction of sp³-hybridized carbons (Fsp3) is 0.533. The fourth-order valence-electron chi connectivity index (χ4n) is 3.04. The number of hydrogen-bond acceptors (Lipinski definition) is 3. The molecule has 1 aromatic rings. The molecule has 1 aromatic carbocycles. The average molecular weight is 274 g/mol. The second-order valence-electron chi connectivity index (χ2n) is 5.69. The number of carbonyl (C=O) groups is 1. The van der Waals surface area contributed by atoms with Crippen molar-refractivity contribution in [3.8, 4) is 0 Å². The summed E-state index contributed by atoms with van der Waals surface area (Å²) in [6, 6.07) is 6.72. The molecule has 0 radical (unpaired) electrons. The molecule has 1 amide bonds. The first-order valence-corrected chi connectivity index (χ1v) is 7.24. The summed E-state index contributed by atoms with van der Waals surface area (Å²) in [5.74, 6) is 0.0364. The van der Waals surface area contributed by atoms with Gasteiger partial charge in [0.15, 0.2) is 0 Å². The highest BCUT2D eigenvalue weighted by Gasteiger charge is 2.38. The van der Waals surface area contributed by atoms with Crippen molar-refractivity contribution in [3.63, 3.8) is 0 Å². The van der Waals surface area contributed by atoms with Crippen molar-refractivity contribution in [2.24, 2.45) is 0 Å². The minimum Gasteiger partial charge on any atom is -0.333 e. The van der Waals surface area contributed by atoms with E-state index < -0.39 is 4.92 Å². The number of amides is 1.